The molecule has 0 bridgehead atoms. The molecule has 1 heterocycles. The molecule has 0 aliphatic heterocycles. The number of alkyl halides is 1. The van der Waals surface area contributed by atoms with E-state index in [2.05, 4.69) is 16.2 Å². The summed E-state index contributed by atoms with van der Waals surface area (Å²) in [5, 5.41) is 2.54. The Kier molecular flexibility index (Phi) is 6.38. The van der Waals surface area contributed by atoms with Crippen molar-refractivity contribution in [1.82, 2.24) is 10.3 Å². The van der Waals surface area contributed by atoms with Crippen LogP contribution in [0.15, 0.2) is 54.7 Å². The summed E-state index contributed by atoms with van der Waals surface area (Å²) in [4.78, 5) is 16.7. The number of rotatable bonds is 7. The number of pyridine rings is 1. The van der Waals surface area contributed by atoms with Crippen molar-refractivity contribution in [3.8, 4) is 23.8 Å². The summed E-state index contributed by atoms with van der Waals surface area (Å²) in [7, 11) is 0. The molecule has 1 amide bonds. The Labute approximate surface area is 189 Å². The van der Waals surface area contributed by atoms with Gasteiger partial charge in [0.05, 0.1) is 18.3 Å². The first-order chi connectivity index (χ1) is 15.4. The van der Waals surface area contributed by atoms with Crippen LogP contribution >= 0.6 is 11.6 Å². The van der Waals surface area contributed by atoms with Crippen LogP contribution in [0.4, 0.5) is 8.78 Å². The van der Waals surface area contributed by atoms with E-state index >= 15 is 0 Å². The SMILES string of the molecule is C#Cc1ccc(C(F)CNC(=O)c2cc(Cl)ncc2Oc2cccc(C3CC3)c2)c(F)c1. The summed E-state index contributed by atoms with van der Waals surface area (Å²) in [6, 6.07) is 12.8. The minimum atomic E-state index is -1.76. The van der Waals surface area contributed by atoms with Crippen LogP contribution in [0, 0.1) is 18.2 Å². The maximum Gasteiger partial charge on any atom is 0.255 e. The fourth-order valence-corrected chi connectivity index (χ4v) is 3.47. The molecule has 1 saturated carbocycles. The van der Waals surface area contributed by atoms with Crippen LogP contribution in [-0.4, -0.2) is 17.4 Å². The minimum absolute atomic E-state index is 0.0851. The normalized spacial score (nSPS) is 13.8. The third kappa shape index (κ3) is 5.06. The topological polar surface area (TPSA) is 51.2 Å². The molecule has 4 nitrogen and oxygen atoms in total. The fourth-order valence-electron chi connectivity index (χ4n) is 3.31. The standard InChI is InChI=1S/C25H19ClF2N2O2/c1-2-15-6-9-19(21(27)10-15)22(28)13-30-25(31)20-12-24(26)29-14-23(20)32-18-5-3-4-17(11-18)16-7-8-16/h1,3-6,9-12,14,16,22H,7-8,13H2,(H,30,31). The number of aromatic nitrogens is 1. The number of carbonyl (C=O) groups excluding carboxylic acids is 1. The van der Waals surface area contributed by atoms with E-state index in [0.29, 0.717) is 17.2 Å². The van der Waals surface area contributed by atoms with Crippen molar-refractivity contribution >= 4 is 17.5 Å². The second-order valence-corrected chi connectivity index (χ2v) is 7.90. The number of hydrogen-bond acceptors (Lipinski definition) is 3. The van der Waals surface area contributed by atoms with E-state index in [0.717, 1.165) is 18.9 Å². The number of benzene rings is 2. The zero-order chi connectivity index (χ0) is 22.7. The molecule has 1 aliphatic rings. The molecule has 0 spiro atoms. The van der Waals surface area contributed by atoms with E-state index in [1.165, 1.54) is 30.0 Å². The van der Waals surface area contributed by atoms with Crippen molar-refractivity contribution in [3.05, 3.63) is 88.0 Å². The minimum Gasteiger partial charge on any atom is -0.455 e. The predicted molar refractivity (Wildman–Crippen MR) is 118 cm³/mol. The molecule has 2 aromatic carbocycles. The number of amides is 1. The number of nitrogens with zero attached hydrogens (tertiary/aromatic N) is 1. The first-order valence-electron chi connectivity index (χ1n) is 10.1. The van der Waals surface area contributed by atoms with Crippen LogP contribution in [0.5, 0.6) is 11.5 Å². The Balaban J connectivity index is 1.48. The van der Waals surface area contributed by atoms with Gasteiger partial charge >= 0.3 is 0 Å². The highest BCUT2D eigenvalue weighted by molar-refractivity contribution is 6.29. The first-order valence-corrected chi connectivity index (χ1v) is 10.4. The molecular weight excluding hydrogens is 434 g/mol. The lowest BCUT2D eigenvalue weighted by atomic mass is 10.1. The number of nitrogens with one attached hydrogen (secondary N) is 1. The monoisotopic (exact) mass is 452 g/mol. The molecule has 1 N–H and O–H groups in total. The first kappa shape index (κ1) is 21.8. The molecule has 0 radical (unpaired) electrons. The number of ether oxygens (including phenoxy) is 1. The van der Waals surface area contributed by atoms with Gasteiger partial charge in [0.1, 0.15) is 22.9 Å². The van der Waals surface area contributed by atoms with Crippen LogP contribution in [0.2, 0.25) is 5.15 Å². The van der Waals surface area contributed by atoms with E-state index in [-0.39, 0.29) is 22.0 Å². The van der Waals surface area contributed by atoms with Gasteiger partial charge in [0, 0.05) is 11.1 Å². The number of halogens is 3. The lowest BCUT2D eigenvalue weighted by molar-refractivity contribution is 0.0938. The second-order valence-electron chi connectivity index (χ2n) is 7.51. The Morgan fingerprint density at radius 1 is 1.28 bits per heavy atom. The Hall–Kier alpha value is -3.43. The summed E-state index contributed by atoms with van der Waals surface area (Å²) in [5.74, 6) is 2.18. The average Bonchev–Trinajstić information content (AvgIpc) is 3.64. The summed E-state index contributed by atoms with van der Waals surface area (Å²) in [5.41, 5.74) is 1.39. The Morgan fingerprint density at radius 2 is 2.09 bits per heavy atom. The second kappa shape index (κ2) is 9.37. The summed E-state index contributed by atoms with van der Waals surface area (Å²) in [6.45, 7) is -0.443. The summed E-state index contributed by atoms with van der Waals surface area (Å²) < 4.78 is 34.6. The molecule has 4 rings (SSSR count). The highest BCUT2D eigenvalue weighted by atomic mass is 35.5. The van der Waals surface area contributed by atoms with Crippen molar-refractivity contribution in [1.29, 1.82) is 0 Å². The van der Waals surface area contributed by atoms with Crippen LogP contribution in [0.25, 0.3) is 0 Å². The molecule has 0 saturated heterocycles. The van der Waals surface area contributed by atoms with Crippen molar-refractivity contribution in [2.24, 2.45) is 0 Å². The van der Waals surface area contributed by atoms with Gasteiger partial charge in [0.2, 0.25) is 0 Å². The molecule has 32 heavy (non-hydrogen) atoms. The Bertz CT molecular complexity index is 1200. The molecule has 1 fully saturated rings. The number of hydrogen-bond donors (Lipinski definition) is 1. The lowest BCUT2D eigenvalue weighted by Gasteiger charge is -2.14. The number of terminal acetylenes is 1. The van der Waals surface area contributed by atoms with Crippen LogP contribution in [0.3, 0.4) is 0 Å². The van der Waals surface area contributed by atoms with Crippen LogP contribution < -0.4 is 10.1 Å². The number of carbonyl (C=O) groups is 1. The van der Waals surface area contributed by atoms with E-state index < -0.39 is 24.4 Å². The van der Waals surface area contributed by atoms with E-state index in [4.69, 9.17) is 22.8 Å². The van der Waals surface area contributed by atoms with Gasteiger partial charge < -0.3 is 10.1 Å². The quantitative estimate of drug-likeness (QED) is 0.355. The molecule has 1 atom stereocenters. The highest BCUT2D eigenvalue weighted by Crippen LogP contribution is 2.41. The van der Waals surface area contributed by atoms with Gasteiger partial charge in [0.25, 0.3) is 5.91 Å². The summed E-state index contributed by atoms with van der Waals surface area (Å²) >= 11 is 5.96. The van der Waals surface area contributed by atoms with Gasteiger partial charge in [-0.15, -0.1) is 6.42 Å². The van der Waals surface area contributed by atoms with E-state index in [1.807, 2.05) is 18.2 Å². The Morgan fingerprint density at radius 3 is 2.81 bits per heavy atom. The average molecular weight is 453 g/mol. The third-order valence-electron chi connectivity index (χ3n) is 5.16. The molecular formula is C25H19ClF2N2O2. The van der Waals surface area contributed by atoms with E-state index in [9.17, 15) is 13.6 Å². The van der Waals surface area contributed by atoms with Gasteiger partial charge in [-0.1, -0.05) is 35.7 Å². The largest absolute Gasteiger partial charge is 0.455 e. The zero-order valence-corrected chi connectivity index (χ0v) is 17.7. The molecule has 1 aromatic heterocycles. The molecule has 3 aromatic rings. The maximum atomic E-state index is 14.6. The third-order valence-corrected chi connectivity index (χ3v) is 5.37. The van der Waals surface area contributed by atoms with E-state index in [1.54, 1.807) is 6.07 Å². The molecule has 7 heteroatoms. The predicted octanol–water partition coefficient (Wildman–Crippen LogP) is 5.97. The zero-order valence-electron chi connectivity index (χ0n) is 16.9. The van der Waals surface area contributed by atoms with Crippen LogP contribution in [-0.2, 0) is 0 Å². The smallest absolute Gasteiger partial charge is 0.255 e. The van der Waals surface area contributed by atoms with Crippen molar-refractivity contribution < 1.29 is 18.3 Å². The van der Waals surface area contributed by atoms with Gasteiger partial charge in [-0.2, -0.15) is 0 Å². The van der Waals surface area contributed by atoms with Crippen molar-refractivity contribution in [3.63, 3.8) is 0 Å². The highest BCUT2D eigenvalue weighted by Gasteiger charge is 2.24. The summed E-state index contributed by atoms with van der Waals surface area (Å²) in [6.07, 6.45) is 7.10. The molecule has 1 aliphatic carbocycles. The molecule has 162 valence electrons. The van der Waals surface area contributed by atoms with Gasteiger partial charge in [0.15, 0.2) is 5.75 Å². The lowest BCUT2D eigenvalue weighted by Crippen LogP contribution is -2.28. The van der Waals surface area contributed by atoms with Gasteiger partial charge in [-0.3, -0.25) is 4.79 Å². The van der Waals surface area contributed by atoms with Gasteiger partial charge in [-0.25, -0.2) is 13.8 Å². The molecule has 1 unspecified atom stereocenters. The van der Waals surface area contributed by atoms with Crippen molar-refractivity contribution in [2.45, 2.75) is 24.9 Å². The fraction of sp³-hybridized carbons (Fsp3) is 0.200. The van der Waals surface area contributed by atoms with Crippen LogP contribution in [0.1, 0.15) is 52.0 Å². The maximum absolute atomic E-state index is 14.6. The van der Waals surface area contributed by atoms with Crippen molar-refractivity contribution in [2.75, 3.05) is 6.54 Å². The van der Waals surface area contributed by atoms with Gasteiger partial charge in [-0.05, 0) is 54.7 Å².